The molecular formula is C12H19N3. The molecular weight excluding hydrogens is 186 g/mol. The average Bonchev–Trinajstić information content (AvgIpc) is 2.30. The molecule has 0 radical (unpaired) electrons. The smallest absolute Gasteiger partial charge is 0.0573 e. The molecule has 1 aliphatic rings. The molecule has 2 N–H and O–H groups in total. The number of pyridine rings is 1. The molecule has 3 nitrogen and oxygen atoms in total. The fourth-order valence-electron chi connectivity index (χ4n) is 2.20. The van der Waals surface area contributed by atoms with E-state index in [0.717, 1.165) is 18.8 Å². The molecule has 1 atom stereocenters. The van der Waals surface area contributed by atoms with E-state index in [1.807, 2.05) is 24.4 Å². The Hall–Kier alpha value is -0.930. The Bertz CT molecular complexity index is 291. The Balaban J connectivity index is 1.99. The second-order valence-corrected chi connectivity index (χ2v) is 4.42. The van der Waals surface area contributed by atoms with Crippen molar-refractivity contribution >= 4 is 0 Å². The highest BCUT2D eigenvalue weighted by Crippen LogP contribution is 2.27. The van der Waals surface area contributed by atoms with Crippen LogP contribution in [0.5, 0.6) is 0 Å². The number of aromatic nitrogens is 1. The lowest BCUT2D eigenvalue weighted by Crippen LogP contribution is -2.35. The van der Waals surface area contributed by atoms with Gasteiger partial charge in [-0.25, -0.2) is 0 Å². The van der Waals surface area contributed by atoms with Crippen LogP contribution in [0.3, 0.4) is 0 Å². The summed E-state index contributed by atoms with van der Waals surface area (Å²) < 4.78 is 0. The quantitative estimate of drug-likeness (QED) is 0.794. The van der Waals surface area contributed by atoms with Gasteiger partial charge in [-0.05, 0) is 51.0 Å². The van der Waals surface area contributed by atoms with Crippen molar-refractivity contribution in [2.45, 2.75) is 18.9 Å². The lowest BCUT2D eigenvalue weighted by atomic mass is 9.88. The molecule has 1 aromatic rings. The summed E-state index contributed by atoms with van der Waals surface area (Å²) in [5.41, 5.74) is 7.27. The Morgan fingerprint density at radius 2 is 2.13 bits per heavy atom. The summed E-state index contributed by atoms with van der Waals surface area (Å²) in [5, 5.41) is 0. The van der Waals surface area contributed by atoms with Gasteiger partial charge in [-0.3, -0.25) is 4.98 Å². The summed E-state index contributed by atoms with van der Waals surface area (Å²) in [5.74, 6) is 0.594. The van der Waals surface area contributed by atoms with E-state index >= 15 is 0 Å². The predicted molar refractivity (Wildman–Crippen MR) is 61.4 cm³/mol. The molecule has 0 aliphatic carbocycles. The van der Waals surface area contributed by atoms with E-state index < -0.39 is 0 Å². The molecule has 82 valence electrons. The van der Waals surface area contributed by atoms with E-state index in [-0.39, 0.29) is 6.04 Å². The van der Waals surface area contributed by atoms with Crippen LogP contribution in [0.1, 0.15) is 24.6 Å². The SMILES string of the molecule is CN1CCC([C@H](N)c2ccccn2)CC1. The maximum atomic E-state index is 6.23. The fourth-order valence-corrected chi connectivity index (χ4v) is 2.20. The van der Waals surface area contributed by atoms with Crippen LogP contribution in [0.15, 0.2) is 24.4 Å². The van der Waals surface area contributed by atoms with Gasteiger partial charge in [0.05, 0.1) is 5.69 Å². The van der Waals surface area contributed by atoms with Gasteiger partial charge in [0.2, 0.25) is 0 Å². The van der Waals surface area contributed by atoms with E-state index in [2.05, 4.69) is 16.9 Å². The standard InChI is InChI=1S/C12H19N3/c1-15-8-5-10(6-9-15)12(13)11-4-2-3-7-14-11/h2-4,7,10,12H,5-6,8-9,13H2,1H3/t12-/m0/s1. The van der Waals surface area contributed by atoms with Crippen LogP contribution in [0.4, 0.5) is 0 Å². The number of nitrogens with zero attached hydrogens (tertiary/aromatic N) is 2. The van der Waals surface area contributed by atoms with Crippen molar-refractivity contribution in [3.63, 3.8) is 0 Å². The molecule has 2 heterocycles. The maximum Gasteiger partial charge on any atom is 0.0573 e. The summed E-state index contributed by atoms with van der Waals surface area (Å²) in [6.45, 7) is 2.32. The topological polar surface area (TPSA) is 42.1 Å². The van der Waals surface area contributed by atoms with E-state index in [1.54, 1.807) is 0 Å². The van der Waals surface area contributed by atoms with Gasteiger partial charge >= 0.3 is 0 Å². The van der Waals surface area contributed by atoms with E-state index in [4.69, 9.17) is 5.73 Å². The van der Waals surface area contributed by atoms with Crippen LogP contribution in [-0.2, 0) is 0 Å². The molecule has 1 fully saturated rings. The second-order valence-electron chi connectivity index (χ2n) is 4.42. The van der Waals surface area contributed by atoms with Crippen LogP contribution >= 0.6 is 0 Å². The second kappa shape index (κ2) is 4.73. The van der Waals surface area contributed by atoms with Crippen molar-refractivity contribution in [3.8, 4) is 0 Å². The van der Waals surface area contributed by atoms with Crippen molar-refractivity contribution < 1.29 is 0 Å². The fraction of sp³-hybridized carbons (Fsp3) is 0.583. The zero-order valence-corrected chi connectivity index (χ0v) is 9.26. The number of likely N-dealkylation sites (tertiary alicyclic amines) is 1. The third kappa shape index (κ3) is 2.55. The van der Waals surface area contributed by atoms with Gasteiger partial charge in [0.25, 0.3) is 0 Å². The normalized spacial score (nSPS) is 21.5. The molecule has 0 saturated carbocycles. The van der Waals surface area contributed by atoms with Gasteiger partial charge in [-0.15, -0.1) is 0 Å². The van der Waals surface area contributed by atoms with Gasteiger partial charge in [0.1, 0.15) is 0 Å². The molecule has 0 bridgehead atoms. The van der Waals surface area contributed by atoms with Crippen molar-refractivity contribution in [1.82, 2.24) is 9.88 Å². The molecule has 0 amide bonds. The molecule has 15 heavy (non-hydrogen) atoms. The first kappa shape index (κ1) is 10.6. The third-order valence-corrected chi connectivity index (χ3v) is 3.30. The highest BCUT2D eigenvalue weighted by molar-refractivity contribution is 5.09. The zero-order valence-electron chi connectivity index (χ0n) is 9.26. The lowest BCUT2D eigenvalue weighted by Gasteiger charge is -2.32. The Morgan fingerprint density at radius 3 is 2.73 bits per heavy atom. The Morgan fingerprint density at radius 1 is 1.40 bits per heavy atom. The molecule has 1 aromatic heterocycles. The van der Waals surface area contributed by atoms with Crippen molar-refractivity contribution in [1.29, 1.82) is 0 Å². The van der Waals surface area contributed by atoms with Gasteiger partial charge in [0.15, 0.2) is 0 Å². The van der Waals surface area contributed by atoms with Crippen molar-refractivity contribution in [3.05, 3.63) is 30.1 Å². The summed E-state index contributed by atoms with van der Waals surface area (Å²) in [6, 6.07) is 6.09. The minimum atomic E-state index is 0.111. The van der Waals surface area contributed by atoms with Crippen molar-refractivity contribution in [2.75, 3.05) is 20.1 Å². The monoisotopic (exact) mass is 205 g/mol. The molecule has 0 unspecified atom stereocenters. The maximum absolute atomic E-state index is 6.23. The number of nitrogens with two attached hydrogens (primary N) is 1. The van der Waals surface area contributed by atoms with E-state index in [1.165, 1.54) is 12.8 Å². The molecule has 1 aliphatic heterocycles. The first-order valence-corrected chi connectivity index (χ1v) is 5.62. The van der Waals surface area contributed by atoms with Crippen LogP contribution in [0.2, 0.25) is 0 Å². The molecule has 0 aromatic carbocycles. The number of hydrogen-bond acceptors (Lipinski definition) is 3. The van der Waals surface area contributed by atoms with Crippen LogP contribution in [0.25, 0.3) is 0 Å². The Kier molecular flexibility index (Phi) is 3.34. The Labute approximate surface area is 91.3 Å². The van der Waals surface area contributed by atoms with Crippen LogP contribution in [-0.4, -0.2) is 30.0 Å². The number of piperidine rings is 1. The molecule has 0 spiro atoms. The predicted octanol–water partition coefficient (Wildman–Crippen LogP) is 1.42. The van der Waals surface area contributed by atoms with Crippen molar-refractivity contribution in [2.24, 2.45) is 11.7 Å². The third-order valence-electron chi connectivity index (χ3n) is 3.30. The highest BCUT2D eigenvalue weighted by Gasteiger charge is 2.24. The summed E-state index contributed by atoms with van der Waals surface area (Å²) in [7, 11) is 2.17. The molecule has 3 heteroatoms. The van der Waals surface area contributed by atoms with Gasteiger partial charge in [0, 0.05) is 12.2 Å². The summed E-state index contributed by atoms with van der Waals surface area (Å²) in [6.07, 6.45) is 4.20. The first-order valence-electron chi connectivity index (χ1n) is 5.62. The molecule has 1 saturated heterocycles. The van der Waals surface area contributed by atoms with Gasteiger partial charge in [-0.1, -0.05) is 6.07 Å². The number of rotatable bonds is 2. The summed E-state index contributed by atoms with van der Waals surface area (Å²) in [4.78, 5) is 6.70. The highest BCUT2D eigenvalue weighted by atomic mass is 15.1. The first-order chi connectivity index (χ1) is 7.27. The van der Waals surface area contributed by atoms with Gasteiger partial charge < -0.3 is 10.6 Å². The average molecular weight is 205 g/mol. The number of hydrogen-bond donors (Lipinski definition) is 1. The van der Waals surface area contributed by atoms with Gasteiger partial charge in [-0.2, -0.15) is 0 Å². The van der Waals surface area contributed by atoms with E-state index in [9.17, 15) is 0 Å². The van der Waals surface area contributed by atoms with E-state index in [0.29, 0.717) is 5.92 Å². The molecule has 2 rings (SSSR count). The van der Waals surface area contributed by atoms with Crippen LogP contribution in [0, 0.1) is 5.92 Å². The zero-order chi connectivity index (χ0) is 10.7. The largest absolute Gasteiger partial charge is 0.322 e. The summed E-state index contributed by atoms with van der Waals surface area (Å²) >= 11 is 0. The minimum absolute atomic E-state index is 0.111. The lowest BCUT2D eigenvalue weighted by molar-refractivity contribution is 0.198. The minimum Gasteiger partial charge on any atom is -0.322 e. The van der Waals surface area contributed by atoms with Crippen LogP contribution < -0.4 is 5.73 Å².